The lowest BCUT2D eigenvalue weighted by atomic mass is 10.1. The molecule has 1 heterocycles. The number of rotatable bonds is 3. The molecule has 19 heavy (non-hydrogen) atoms. The zero-order valence-electron chi connectivity index (χ0n) is 11.5. The fourth-order valence-corrected chi connectivity index (χ4v) is 3.08. The molecule has 4 nitrogen and oxygen atoms in total. The quantitative estimate of drug-likeness (QED) is 0.876. The monoisotopic (exact) mass is 276 g/mol. The van der Waals surface area contributed by atoms with E-state index in [1.54, 1.807) is 0 Å². The number of anilines is 1. The lowest BCUT2D eigenvalue weighted by molar-refractivity contribution is -0.124. The van der Waals surface area contributed by atoms with Crippen molar-refractivity contribution in [2.75, 3.05) is 5.32 Å². The zero-order chi connectivity index (χ0) is 14.2. The van der Waals surface area contributed by atoms with E-state index in [4.69, 9.17) is 0 Å². The number of aryl methyl sites for hydroxylation is 3. The van der Waals surface area contributed by atoms with E-state index in [9.17, 15) is 9.59 Å². The van der Waals surface area contributed by atoms with E-state index in [0.717, 1.165) is 15.8 Å². The number of ketones is 1. The Bertz CT molecular complexity index is 674. The standard InChI is InChI=1S/C14H16N2O2S/c1-7-5-8(2)12-13(10(7)4)19-14(16-12)15-11(18)6-9(3)17/h5H,6H2,1-4H3,(H,15,16,18). The zero-order valence-corrected chi connectivity index (χ0v) is 12.3. The van der Waals surface area contributed by atoms with Gasteiger partial charge < -0.3 is 5.32 Å². The number of nitrogens with zero attached hydrogens (tertiary/aromatic N) is 1. The second-order valence-electron chi connectivity index (χ2n) is 4.76. The van der Waals surface area contributed by atoms with Crippen molar-refractivity contribution >= 4 is 38.4 Å². The highest BCUT2D eigenvalue weighted by Crippen LogP contribution is 2.32. The van der Waals surface area contributed by atoms with Crippen molar-refractivity contribution < 1.29 is 9.59 Å². The van der Waals surface area contributed by atoms with Gasteiger partial charge in [0.2, 0.25) is 5.91 Å². The number of thiazole rings is 1. The summed E-state index contributed by atoms with van der Waals surface area (Å²) < 4.78 is 1.09. The minimum absolute atomic E-state index is 0.104. The first kappa shape index (κ1) is 13.7. The second-order valence-corrected chi connectivity index (χ2v) is 5.76. The summed E-state index contributed by atoms with van der Waals surface area (Å²) in [5.41, 5.74) is 4.42. The highest BCUT2D eigenvalue weighted by atomic mass is 32.1. The van der Waals surface area contributed by atoms with Crippen molar-refractivity contribution in [1.29, 1.82) is 0 Å². The molecule has 1 aromatic carbocycles. The Morgan fingerprint density at radius 2 is 1.95 bits per heavy atom. The average molecular weight is 276 g/mol. The molecule has 2 rings (SSSR count). The van der Waals surface area contributed by atoms with E-state index < -0.39 is 0 Å². The summed E-state index contributed by atoms with van der Waals surface area (Å²) >= 11 is 1.45. The molecular weight excluding hydrogens is 260 g/mol. The molecule has 1 amide bonds. The fraction of sp³-hybridized carbons (Fsp3) is 0.357. The van der Waals surface area contributed by atoms with Gasteiger partial charge in [-0.05, 0) is 44.4 Å². The van der Waals surface area contributed by atoms with E-state index in [1.807, 2.05) is 6.92 Å². The maximum atomic E-state index is 11.6. The van der Waals surface area contributed by atoms with Crippen molar-refractivity contribution in [2.24, 2.45) is 0 Å². The van der Waals surface area contributed by atoms with Gasteiger partial charge in [0.25, 0.3) is 0 Å². The first-order chi connectivity index (χ1) is 8.88. The van der Waals surface area contributed by atoms with Crippen molar-refractivity contribution in [2.45, 2.75) is 34.1 Å². The number of amides is 1. The van der Waals surface area contributed by atoms with Gasteiger partial charge in [-0.15, -0.1) is 0 Å². The van der Waals surface area contributed by atoms with Crippen LogP contribution in [0, 0.1) is 20.8 Å². The normalized spacial score (nSPS) is 10.7. The molecular formula is C14H16N2O2S. The van der Waals surface area contributed by atoms with Crippen LogP contribution >= 0.6 is 11.3 Å². The topological polar surface area (TPSA) is 59.1 Å². The molecule has 1 aromatic heterocycles. The molecule has 5 heteroatoms. The number of hydrogen-bond acceptors (Lipinski definition) is 4. The molecule has 0 aliphatic rings. The Morgan fingerprint density at radius 3 is 2.58 bits per heavy atom. The van der Waals surface area contributed by atoms with Gasteiger partial charge in [0.05, 0.1) is 16.6 Å². The third-order valence-corrected chi connectivity index (χ3v) is 4.11. The van der Waals surface area contributed by atoms with Crippen LogP contribution in [0.1, 0.15) is 30.0 Å². The third kappa shape index (κ3) is 2.81. The molecule has 0 unspecified atom stereocenters. The highest BCUT2D eigenvalue weighted by Gasteiger charge is 2.13. The van der Waals surface area contributed by atoms with E-state index >= 15 is 0 Å². The summed E-state index contributed by atoms with van der Waals surface area (Å²) in [7, 11) is 0. The van der Waals surface area contributed by atoms with Gasteiger partial charge in [-0.1, -0.05) is 17.4 Å². The lowest BCUT2D eigenvalue weighted by Gasteiger charge is -2.02. The van der Waals surface area contributed by atoms with Gasteiger partial charge in [-0.25, -0.2) is 4.98 Å². The Labute approximate surface area is 115 Å². The van der Waals surface area contributed by atoms with Gasteiger partial charge in [0.1, 0.15) is 5.78 Å². The van der Waals surface area contributed by atoms with Crippen LogP contribution in [0.2, 0.25) is 0 Å². The maximum Gasteiger partial charge on any atom is 0.233 e. The van der Waals surface area contributed by atoms with Crippen molar-refractivity contribution in [1.82, 2.24) is 4.98 Å². The van der Waals surface area contributed by atoms with Crippen molar-refractivity contribution in [3.63, 3.8) is 0 Å². The summed E-state index contributed by atoms with van der Waals surface area (Å²) in [4.78, 5) is 26.9. The van der Waals surface area contributed by atoms with Crippen LogP contribution in [-0.4, -0.2) is 16.7 Å². The molecule has 2 aromatic rings. The molecule has 0 radical (unpaired) electrons. The van der Waals surface area contributed by atoms with E-state index in [1.165, 1.54) is 29.4 Å². The number of carbonyl (C=O) groups is 2. The second kappa shape index (κ2) is 5.09. The molecule has 0 aliphatic heterocycles. The van der Waals surface area contributed by atoms with Gasteiger partial charge in [0, 0.05) is 0 Å². The Morgan fingerprint density at radius 1 is 1.26 bits per heavy atom. The van der Waals surface area contributed by atoms with Gasteiger partial charge in [-0.2, -0.15) is 0 Å². The van der Waals surface area contributed by atoms with Crippen LogP contribution in [0.5, 0.6) is 0 Å². The number of nitrogens with one attached hydrogen (secondary N) is 1. The number of fused-ring (bicyclic) bond motifs is 1. The molecule has 0 saturated heterocycles. The lowest BCUT2D eigenvalue weighted by Crippen LogP contribution is -2.14. The van der Waals surface area contributed by atoms with Crippen molar-refractivity contribution in [3.05, 3.63) is 22.8 Å². The molecule has 0 fully saturated rings. The summed E-state index contributed by atoms with van der Waals surface area (Å²) in [5.74, 6) is -0.458. The SMILES string of the molecule is CC(=O)CC(=O)Nc1nc2c(C)cc(C)c(C)c2s1. The van der Waals surface area contributed by atoms with Crippen LogP contribution in [0.4, 0.5) is 5.13 Å². The Balaban J connectivity index is 2.37. The van der Waals surface area contributed by atoms with Crippen LogP contribution in [0.25, 0.3) is 10.2 Å². The number of benzene rings is 1. The van der Waals surface area contributed by atoms with Crippen LogP contribution in [-0.2, 0) is 9.59 Å². The number of carbonyl (C=O) groups excluding carboxylic acids is 2. The minimum atomic E-state index is -0.307. The van der Waals surface area contributed by atoms with Crippen LogP contribution < -0.4 is 5.32 Å². The molecule has 1 N–H and O–H groups in total. The smallest absolute Gasteiger partial charge is 0.233 e. The summed E-state index contributed by atoms with van der Waals surface area (Å²) in [6.45, 7) is 7.53. The molecule has 0 aliphatic carbocycles. The predicted octanol–water partition coefficient (Wildman–Crippen LogP) is 3.14. The average Bonchev–Trinajstić information content (AvgIpc) is 2.69. The maximum absolute atomic E-state index is 11.6. The largest absolute Gasteiger partial charge is 0.302 e. The fourth-order valence-electron chi connectivity index (χ4n) is 1.97. The number of aromatic nitrogens is 1. The summed E-state index contributed by atoms with van der Waals surface area (Å²) in [5, 5.41) is 3.24. The van der Waals surface area contributed by atoms with Gasteiger partial charge in [0.15, 0.2) is 5.13 Å². The van der Waals surface area contributed by atoms with E-state index in [-0.39, 0.29) is 18.1 Å². The molecule has 0 bridgehead atoms. The summed E-state index contributed by atoms with van der Waals surface area (Å²) in [6, 6.07) is 2.10. The first-order valence-electron chi connectivity index (χ1n) is 6.05. The first-order valence-corrected chi connectivity index (χ1v) is 6.86. The molecule has 0 atom stereocenters. The van der Waals surface area contributed by atoms with Gasteiger partial charge in [-0.3, -0.25) is 9.59 Å². The highest BCUT2D eigenvalue weighted by molar-refractivity contribution is 7.22. The molecule has 0 spiro atoms. The van der Waals surface area contributed by atoms with E-state index in [2.05, 4.69) is 30.2 Å². The van der Waals surface area contributed by atoms with Crippen LogP contribution in [0.3, 0.4) is 0 Å². The molecule has 100 valence electrons. The Hall–Kier alpha value is -1.75. The number of hydrogen-bond donors (Lipinski definition) is 1. The van der Waals surface area contributed by atoms with Gasteiger partial charge >= 0.3 is 0 Å². The minimum Gasteiger partial charge on any atom is -0.302 e. The van der Waals surface area contributed by atoms with E-state index in [0.29, 0.717) is 5.13 Å². The Kier molecular flexibility index (Phi) is 3.66. The predicted molar refractivity (Wildman–Crippen MR) is 77.8 cm³/mol. The van der Waals surface area contributed by atoms with Crippen LogP contribution in [0.15, 0.2) is 6.07 Å². The van der Waals surface area contributed by atoms with Crippen molar-refractivity contribution in [3.8, 4) is 0 Å². The third-order valence-electron chi connectivity index (χ3n) is 3.02. The summed E-state index contributed by atoms with van der Waals surface area (Å²) in [6.07, 6.45) is -0.104. The number of Topliss-reactive ketones (excluding diaryl/α,β-unsaturated/α-hetero) is 1. The molecule has 0 saturated carbocycles.